The second-order valence-corrected chi connectivity index (χ2v) is 5.07. The van der Waals surface area contributed by atoms with E-state index in [-0.39, 0.29) is 0 Å². The Morgan fingerprint density at radius 3 is 2.78 bits per heavy atom. The van der Waals surface area contributed by atoms with E-state index in [1.807, 2.05) is 12.1 Å². The molecule has 5 heteroatoms. The molecule has 0 spiro atoms. The minimum Gasteiger partial charge on any atom is -0.389 e. The maximum Gasteiger partial charge on any atom is 0.125 e. The van der Waals surface area contributed by atoms with E-state index in [9.17, 15) is 0 Å². The zero-order chi connectivity index (χ0) is 12.8. The fourth-order valence-electron chi connectivity index (χ4n) is 2.17. The Morgan fingerprint density at radius 1 is 1.39 bits per heavy atom. The molecule has 2 rings (SSSR count). The number of aromatic nitrogens is 1. The van der Waals surface area contributed by atoms with Gasteiger partial charge in [-0.25, -0.2) is 4.98 Å². The Bertz CT molecular complexity index is 384. The fourth-order valence-corrected chi connectivity index (χ4v) is 2.29. The predicted molar refractivity (Wildman–Crippen MR) is 78.9 cm³/mol. The molecule has 0 aliphatic carbocycles. The number of nitrogens with one attached hydrogen (secondary N) is 1. The number of hydrogen-bond acceptors (Lipinski definition) is 4. The molecule has 1 aromatic rings. The van der Waals surface area contributed by atoms with Crippen molar-refractivity contribution in [1.29, 1.82) is 0 Å². The van der Waals surface area contributed by atoms with Gasteiger partial charge in [-0.15, -0.1) is 0 Å². The summed E-state index contributed by atoms with van der Waals surface area (Å²) in [6.45, 7) is 4.66. The summed E-state index contributed by atoms with van der Waals surface area (Å²) in [6.07, 6.45) is 5.58. The number of pyridine rings is 1. The summed E-state index contributed by atoms with van der Waals surface area (Å²) in [5, 5.41) is 3.31. The van der Waals surface area contributed by atoms with Crippen LogP contribution in [-0.4, -0.2) is 41.1 Å². The molecule has 0 unspecified atom stereocenters. The molecule has 0 atom stereocenters. The lowest BCUT2D eigenvalue weighted by molar-refractivity contribution is 0.337. The molecule has 4 nitrogen and oxygen atoms in total. The van der Waals surface area contributed by atoms with E-state index in [0.717, 1.165) is 24.3 Å². The average molecular weight is 264 g/mol. The molecule has 1 aliphatic rings. The van der Waals surface area contributed by atoms with Crippen molar-refractivity contribution in [2.75, 3.05) is 31.5 Å². The van der Waals surface area contributed by atoms with Crippen LogP contribution in [0.5, 0.6) is 0 Å². The molecule has 1 aliphatic heterocycles. The third kappa shape index (κ3) is 3.92. The molecule has 1 saturated heterocycles. The second-order valence-electron chi connectivity index (χ2n) is 4.63. The van der Waals surface area contributed by atoms with Crippen LogP contribution in [-0.2, 0) is 0 Å². The number of anilines is 1. The van der Waals surface area contributed by atoms with E-state index in [1.54, 1.807) is 6.20 Å². The molecule has 0 radical (unpaired) electrons. The van der Waals surface area contributed by atoms with E-state index in [1.165, 1.54) is 32.5 Å². The molecule has 3 N–H and O–H groups in total. The standard InChI is InChI=1S/C13H20N4S/c14-13(18)11-4-5-12(16-10-11)15-6-3-9-17-7-1-2-8-17/h4-5,10H,1-3,6-9H2,(H2,14,18)(H,15,16). The first-order chi connectivity index (χ1) is 8.75. The predicted octanol–water partition coefficient (Wildman–Crippen LogP) is 1.61. The van der Waals surface area contributed by atoms with Crippen LogP contribution >= 0.6 is 12.2 Å². The lowest BCUT2D eigenvalue weighted by Crippen LogP contribution is -2.22. The van der Waals surface area contributed by atoms with Crippen molar-refractivity contribution in [2.24, 2.45) is 5.73 Å². The van der Waals surface area contributed by atoms with Gasteiger partial charge in [-0.2, -0.15) is 0 Å². The summed E-state index contributed by atoms with van der Waals surface area (Å²) < 4.78 is 0. The van der Waals surface area contributed by atoms with Crippen LogP contribution in [0, 0.1) is 0 Å². The molecule has 98 valence electrons. The lowest BCUT2D eigenvalue weighted by Gasteiger charge is -2.14. The van der Waals surface area contributed by atoms with E-state index in [0.29, 0.717) is 4.99 Å². The number of nitrogens with zero attached hydrogens (tertiary/aromatic N) is 2. The van der Waals surface area contributed by atoms with Gasteiger partial charge in [-0.1, -0.05) is 12.2 Å². The topological polar surface area (TPSA) is 54.2 Å². The molecule has 0 amide bonds. The van der Waals surface area contributed by atoms with Gasteiger partial charge in [0.2, 0.25) is 0 Å². The van der Waals surface area contributed by atoms with Crippen molar-refractivity contribution in [1.82, 2.24) is 9.88 Å². The molecule has 18 heavy (non-hydrogen) atoms. The molecular formula is C13H20N4S. The molecular weight excluding hydrogens is 244 g/mol. The van der Waals surface area contributed by atoms with Crippen LogP contribution in [0.1, 0.15) is 24.8 Å². The fraction of sp³-hybridized carbons (Fsp3) is 0.538. The first kappa shape index (κ1) is 13.2. The smallest absolute Gasteiger partial charge is 0.125 e. The zero-order valence-corrected chi connectivity index (χ0v) is 11.4. The number of likely N-dealkylation sites (tertiary alicyclic amines) is 1. The number of nitrogens with two attached hydrogens (primary N) is 1. The van der Waals surface area contributed by atoms with Gasteiger partial charge in [0.25, 0.3) is 0 Å². The summed E-state index contributed by atoms with van der Waals surface area (Å²) in [7, 11) is 0. The Morgan fingerprint density at radius 2 is 2.17 bits per heavy atom. The average Bonchev–Trinajstić information content (AvgIpc) is 2.88. The molecule has 0 aromatic carbocycles. The number of thiocarbonyl (C=S) groups is 1. The van der Waals surface area contributed by atoms with Gasteiger partial charge in [0, 0.05) is 18.3 Å². The largest absolute Gasteiger partial charge is 0.389 e. The maximum atomic E-state index is 5.52. The van der Waals surface area contributed by atoms with Crippen molar-refractivity contribution < 1.29 is 0 Å². The summed E-state index contributed by atoms with van der Waals surface area (Å²) in [4.78, 5) is 7.19. The van der Waals surface area contributed by atoms with Crippen LogP contribution in [0.2, 0.25) is 0 Å². The van der Waals surface area contributed by atoms with Gasteiger partial charge in [0.1, 0.15) is 10.8 Å². The lowest BCUT2D eigenvalue weighted by atomic mass is 10.3. The van der Waals surface area contributed by atoms with Crippen LogP contribution in [0.15, 0.2) is 18.3 Å². The van der Waals surface area contributed by atoms with E-state index < -0.39 is 0 Å². The molecule has 2 heterocycles. The Hall–Kier alpha value is -1.20. The van der Waals surface area contributed by atoms with E-state index >= 15 is 0 Å². The van der Waals surface area contributed by atoms with Crippen LogP contribution < -0.4 is 11.1 Å². The van der Waals surface area contributed by atoms with Crippen molar-refractivity contribution in [2.45, 2.75) is 19.3 Å². The van der Waals surface area contributed by atoms with Crippen molar-refractivity contribution in [3.63, 3.8) is 0 Å². The second kappa shape index (κ2) is 6.66. The Labute approximate surface area is 114 Å². The highest BCUT2D eigenvalue weighted by molar-refractivity contribution is 7.80. The quantitative estimate of drug-likeness (QED) is 0.604. The first-order valence-electron chi connectivity index (χ1n) is 6.48. The third-order valence-corrected chi connectivity index (χ3v) is 3.44. The number of hydrogen-bond donors (Lipinski definition) is 2. The summed E-state index contributed by atoms with van der Waals surface area (Å²) in [6, 6.07) is 3.82. The van der Waals surface area contributed by atoms with Gasteiger partial charge in [0.15, 0.2) is 0 Å². The van der Waals surface area contributed by atoms with Crippen LogP contribution in [0.3, 0.4) is 0 Å². The van der Waals surface area contributed by atoms with Gasteiger partial charge in [-0.05, 0) is 51.0 Å². The highest BCUT2D eigenvalue weighted by Gasteiger charge is 2.09. The summed E-state index contributed by atoms with van der Waals surface area (Å²) in [5.41, 5.74) is 6.33. The van der Waals surface area contributed by atoms with E-state index in [2.05, 4.69) is 15.2 Å². The molecule has 0 saturated carbocycles. The van der Waals surface area contributed by atoms with Crippen LogP contribution in [0.25, 0.3) is 0 Å². The molecule has 1 fully saturated rings. The van der Waals surface area contributed by atoms with Crippen LogP contribution in [0.4, 0.5) is 5.82 Å². The van der Waals surface area contributed by atoms with Crippen molar-refractivity contribution in [3.8, 4) is 0 Å². The van der Waals surface area contributed by atoms with Gasteiger partial charge < -0.3 is 16.0 Å². The highest BCUT2D eigenvalue weighted by Crippen LogP contribution is 2.08. The van der Waals surface area contributed by atoms with Crippen molar-refractivity contribution >= 4 is 23.0 Å². The molecule has 0 bridgehead atoms. The number of rotatable bonds is 6. The van der Waals surface area contributed by atoms with Gasteiger partial charge in [-0.3, -0.25) is 0 Å². The summed E-state index contributed by atoms with van der Waals surface area (Å²) in [5.74, 6) is 0.886. The zero-order valence-electron chi connectivity index (χ0n) is 10.6. The van der Waals surface area contributed by atoms with Gasteiger partial charge >= 0.3 is 0 Å². The minimum atomic E-state index is 0.392. The third-order valence-electron chi connectivity index (χ3n) is 3.20. The Kier molecular flexibility index (Phi) is 4.90. The van der Waals surface area contributed by atoms with E-state index in [4.69, 9.17) is 18.0 Å². The first-order valence-corrected chi connectivity index (χ1v) is 6.88. The monoisotopic (exact) mass is 264 g/mol. The summed E-state index contributed by atoms with van der Waals surface area (Å²) >= 11 is 4.88. The minimum absolute atomic E-state index is 0.392. The highest BCUT2D eigenvalue weighted by atomic mass is 32.1. The Balaban J connectivity index is 1.68. The normalized spacial score (nSPS) is 15.8. The SMILES string of the molecule is NC(=S)c1ccc(NCCCN2CCCC2)nc1. The van der Waals surface area contributed by atoms with Gasteiger partial charge in [0.05, 0.1) is 0 Å². The van der Waals surface area contributed by atoms with Crippen molar-refractivity contribution in [3.05, 3.63) is 23.9 Å². The molecule has 1 aromatic heterocycles. The maximum absolute atomic E-state index is 5.52.